The fourth-order valence-electron chi connectivity index (χ4n) is 1.10. The third-order valence-corrected chi connectivity index (χ3v) is 1.90. The normalized spacial score (nSPS) is 10.7. The van der Waals surface area contributed by atoms with E-state index in [9.17, 15) is 10.1 Å². The van der Waals surface area contributed by atoms with E-state index in [1.165, 1.54) is 12.1 Å². The van der Waals surface area contributed by atoms with Crippen molar-refractivity contribution in [1.82, 2.24) is 4.98 Å². The number of aromatic nitrogens is 1. The molecule has 0 saturated carbocycles. The Balaban J connectivity index is 2.92. The molecule has 0 atom stereocenters. The lowest BCUT2D eigenvalue weighted by atomic mass is 10.1. The van der Waals surface area contributed by atoms with Crippen LogP contribution in [0.1, 0.15) is 19.5 Å². The van der Waals surface area contributed by atoms with Gasteiger partial charge >= 0.3 is 5.69 Å². The van der Waals surface area contributed by atoms with Crippen molar-refractivity contribution in [3.05, 3.63) is 27.9 Å². The molecule has 0 unspecified atom stereocenters. The van der Waals surface area contributed by atoms with Crippen molar-refractivity contribution in [2.75, 3.05) is 11.9 Å². The molecule has 17 heavy (non-hydrogen) atoms. The lowest BCUT2D eigenvalue weighted by Gasteiger charge is -2.19. The Morgan fingerprint density at radius 1 is 1.65 bits per heavy atom. The molecule has 0 bridgehead atoms. The number of anilines is 1. The smallest absolute Gasteiger partial charge is 0.305 e. The van der Waals surface area contributed by atoms with Crippen LogP contribution in [-0.4, -0.2) is 22.0 Å². The van der Waals surface area contributed by atoms with Crippen LogP contribution in [0.15, 0.2) is 12.1 Å². The monoisotopic (exact) mass is 235 g/mol. The van der Waals surface area contributed by atoms with E-state index in [-0.39, 0.29) is 11.4 Å². The molecule has 90 valence electrons. The van der Waals surface area contributed by atoms with Crippen molar-refractivity contribution < 1.29 is 4.92 Å². The van der Waals surface area contributed by atoms with Gasteiger partial charge in [0.2, 0.25) is 5.69 Å². The predicted molar refractivity (Wildman–Crippen MR) is 62.4 cm³/mol. The minimum absolute atomic E-state index is 0.213. The van der Waals surface area contributed by atoms with Crippen LogP contribution in [0.25, 0.3) is 0 Å². The molecule has 0 aliphatic carbocycles. The van der Waals surface area contributed by atoms with Crippen LogP contribution in [0.2, 0.25) is 0 Å². The first-order chi connectivity index (χ1) is 7.83. The molecule has 1 aromatic rings. The Bertz CT molecular complexity index is 473. The first-order valence-corrected chi connectivity index (χ1v) is 4.92. The van der Waals surface area contributed by atoms with Gasteiger partial charge in [-0.1, -0.05) is 0 Å². The van der Waals surface area contributed by atoms with Gasteiger partial charge < -0.3 is 11.1 Å². The summed E-state index contributed by atoms with van der Waals surface area (Å²) in [7, 11) is 0. The highest BCUT2D eigenvalue weighted by Gasteiger charge is 2.16. The Labute approximate surface area is 98.4 Å². The number of nitro groups is 1. The molecular weight excluding hydrogens is 222 g/mol. The van der Waals surface area contributed by atoms with Gasteiger partial charge in [-0.25, -0.2) is 4.98 Å². The van der Waals surface area contributed by atoms with E-state index in [0.29, 0.717) is 12.4 Å². The van der Waals surface area contributed by atoms with Crippen LogP contribution in [0.4, 0.5) is 11.5 Å². The summed E-state index contributed by atoms with van der Waals surface area (Å²) < 4.78 is 0. The molecule has 0 aliphatic heterocycles. The van der Waals surface area contributed by atoms with Gasteiger partial charge in [0, 0.05) is 18.2 Å². The molecule has 0 aromatic carbocycles. The van der Waals surface area contributed by atoms with Crippen LogP contribution in [0, 0.1) is 21.4 Å². The molecule has 0 radical (unpaired) electrons. The van der Waals surface area contributed by atoms with Gasteiger partial charge in [-0.3, -0.25) is 10.1 Å². The number of nitrogens with one attached hydrogen (secondary N) is 1. The van der Waals surface area contributed by atoms with E-state index in [2.05, 4.69) is 10.3 Å². The number of pyridine rings is 1. The molecular formula is C10H13N5O2. The summed E-state index contributed by atoms with van der Waals surface area (Å²) in [6.45, 7) is 4.11. The largest absolute Gasteiger partial charge is 0.368 e. The number of hydrogen-bond acceptors (Lipinski definition) is 6. The van der Waals surface area contributed by atoms with Crippen molar-refractivity contribution in [1.29, 1.82) is 5.26 Å². The van der Waals surface area contributed by atoms with E-state index < -0.39 is 10.5 Å². The maximum atomic E-state index is 10.6. The summed E-state index contributed by atoms with van der Waals surface area (Å²) in [6, 6.07) is 4.39. The molecule has 3 N–H and O–H groups in total. The van der Waals surface area contributed by atoms with Crippen molar-refractivity contribution in [2.24, 2.45) is 5.73 Å². The average Bonchev–Trinajstić information content (AvgIpc) is 2.24. The SMILES string of the molecule is CC(C)(N)CNc1ccc([N+](=O)[O-])c(C#N)n1. The highest BCUT2D eigenvalue weighted by molar-refractivity contribution is 5.50. The highest BCUT2D eigenvalue weighted by Crippen LogP contribution is 2.18. The van der Waals surface area contributed by atoms with Crippen molar-refractivity contribution in [2.45, 2.75) is 19.4 Å². The van der Waals surface area contributed by atoms with Gasteiger partial charge in [0.15, 0.2) is 0 Å². The zero-order valence-electron chi connectivity index (χ0n) is 9.60. The maximum absolute atomic E-state index is 10.6. The maximum Gasteiger partial charge on any atom is 0.305 e. The summed E-state index contributed by atoms with van der Waals surface area (Å²) in [5.41, 5.74) is 4.82. The predicted octanol–water partition coefficient (Wildman–Crippen LogP) is 1.01. The molecule has 1 heterocycles. The second kappa shape index (κ2) is 4.76. The van der Waals surface area contributed by atoms with Crippen LogP contribution in [0.3, 0.4) is 0 Å². The summed E-state index contributed by atoms with van der Waals surface area (Å²) in [6.07, 6.45) is 0. The van der Waals surface area contributed by atoms with Gasteiger partial charge in [-0.15, -0.1) is 0 Å². The molecule has 7 nitrogen and oxygen atoms in total. The number of rotatable bonds is 4. The molecule has 0 saturated heterocycles. The van der Waals surface area contributed by atoms with Crippen molar-refractivity contribution >= 4 is 11.5 Å². The van der Waals surface area contributed by atoms with Crippen LogP contribution in [-0.2, 0) is 0 Å². The van der Waals surface area contributed by atoms with Crippen LogP contribution >= 0.6 is 0 Å². The Morgan fingerprint density at radius 3 is 2.76 bits per heavy atom. The van der Waals surface area contributed by atoms with Gasteiger partial charge in [-0.2, -0.15) is 5.26 Å². The zero-order valence-corrected chi connectivity index (χ0v) is 9.60. The minimum Gasteiger partial charge on any atom is -0.368 e. The van der Waals surface area contributed by atoms with Gasteiger partial charge in [0.05, 0.1) is 4.92 Å². The third kappa shape index (κ3) is 3.70. The van der Waals surface area contributed by atoms with Gasteiger partial charge in [0.25, 0.3) is 0 Å². The van der Waals surface area contributed by atoms with Crippen molar-refractivity contribution in [3.8, 4) is 6.07 Å². The molecule has 0 fully saturated rings. The standard InChI is InChI=1S/C10H13N5O2/c1-10(2,12)6-13-9-4-3-8(15(16)17)7(5-11)14-9/h3-4H,6,12H2,1-2H3,(H,13,14). The second-order valence-electron chi connectivity index (χ2n) is 4.28. The summed E-state index contributed by atoms with van der Waals surface area (Å²) >= 11 is 0. The quantitative estimate of drug-likeness (QED) is 0.594. The van der Waals surface area contributed by atoms with Crippen LogP contribution in [0.5, 0.6) is 0 Å². The summed E-state index contributed by atoms with van der Waals surface area (Å²) in [4.78, 5) is 13.8. The first-order valence-electron chi connectivity index (χ1n) is 4.92. The van der Waals surface area contributed by atoms with E-state index in [4.69, 9.17) is 11.0 Å². The summed E-state index contributed by atoms with van der Waals surface area (Å²) in [5, 5.41) is 22.2. The molecule has 7 heteroatoms. The number of hydrogen-bond donors (Lipinski definition) is 2. The zero-order chi connectivity index (χ0) is 13.1. The van der Waals surface area contributed by atoms with Gasteiger partial charge in [-0.05, 0) is 19.9 Å². The fourth-order valence-corrected chi connectivity index (χ4v) is 1.10. The van der Waals surface area contributed by atoms with Crippen molar-refractivity contribution in [3.63, 3.8) is 0 Å². The topological polar surface area (TPSA) is 118 Å². The molecule has 1 rings (SSSR count). The Hall–Kier alpha value is -2.20. The fraction of sp³-hybridized carbons (Fsp3) is 0.400. The molecule has 1 aromatic heterocycles. The van der Waals surface area contributed by atoms with E-state index in [1.54, 1.807) is 6.07 Å². The molecule has 0 aliphatic rings. The molecule has 0 spiro atoms. The third-order valence-electron chi connectivity index (χ3n) is 1.90. The van der Waals surface area contributed by atoms with Gasteiger partial charge in [0.1, 0.15) is 11.9 Å². The Kier molecular flexibility index (Phi) is 3.60. The average molecular weight is 235 g/mol. The lowest BCUT2D eigenvalue weighted by Crippen LogP contribution is -2.39. The number of nitrogens with two attached hydrogens (primary N) is 1. The number of nitrogens with zero attached hydrogens (tertiary/aromatic N) is 3. The first kappa shape index (κ1) is 12.9. The lowest BCUT2D eigenvalue weighted by molar-refractivity contribution is -0.385. The number of nitriles is 1. The molecule has 0 amide bonds. The Morgan fingerprint density at radius 2 is 2.29 bits per heavy atom. The second-order valence-corrected chi connectivity index (χ2v) is 4.28. The van der Waals surface area contributed by atoms with E-state index in [0.717, 1.165) is 0 Å². The van der Waals surface area contributed by atoms with E-state index in [1.807, 2.05) is 13.8 Å². The highest BCUT2D eigenvalue weighted by atomic mass is 16.6. The summed E-state index contributed by atoms with van der Waals surface area (Å²) in [5.74, 6) is 0.394. The van der Waals surface area contributed by atoms with E-state index >= 15 is 0 Å². The minimum atomic E-state index is -0.637. The van der Waals surface area contributed by atoms with Crippen LogP contribution < -0.4 is 11.1 Å².